The lowest BCUT2D eigenvalue weighted by Gasteiger charge is -2.34. The van der Waals surface area contributed by atoms with E-state index in [0.29, 0.717) is 18.1 Å². The van der Waals surface area contributed by atoms with Crippen LogP contribution in [0.1, 0.15) is 18.2 Å². The summed E-state index contributed by atoms with van der Waals surface area (Å²) in [6, 6.07) is 9.44. The van der Waals surface area contributed by atoms with E-state index in [1.165, 1.54) is 0 Å². The minimum atomic E-state index is 0.0594. The molecule has 2 aromatic rings. The molecule has 1 unspecified atom stereocenters. The predicted molar refractivity (Wildman–Crippen MR) is 96.8 cm³/mol. The standard InChI is InChI=1S/C18H23ClN4O2/c1-21(2)18(24)11-16-13-22(12-15-7-8-20-23(15)16)9-10-25-17-5-3-14(19)4-6-17/h3-8,16H,9-13H2,1-2H3. The third-order valence-electron chi connectivity index (χ3n) is 4.35. The van der Waals surface area contributed by atoms with Crippen LogP contribution in [0, 0.1) is 0 Å². The van der Waals surface area contributed by atoms with Crippen molar-refractivity contribution in [3.05, 3.63) is 47.2 Å². The van der Waals surface area contributed by atoms with Crippen LogP contribution < -0.4 is 4.74 Å². The Morgan fingerprint density at radius 1 is 1.32 bits per heavy atom. The molecule has 3 rings (SSSR count). The summed E-state index contributed by atoms with van der Waals surface area (Å²) in [7, 11) is 3.57. The van der Waals surface area contributed by atoms with Crippen molar-refractivity contribution in [1.82, 2.24) is 19.6 Å². The number of hydrogen-bond acceptors (Lipinski definition) is 4. The summed E-state index contributed by atoms with van der Waals surface area (Å²) < 4.78 is 7.77. The van der Waals surface area contributed by atoms with Crippen LogP contribution in [0.4, 0.5) is 0 Å². The van der Waals surface area contributed by atoms with Crippen molar-refractivity contribution in [2.75, 3.05) is 33.8 Å². The maximum Gasteiger partial charge on any atom is 0.224 e. The van der Waals surface area contributed by atoms with Gasteiger partial charge in [-0.15, -0.1) is 0 Å². The fraction of sp³-hybridized carbons (Fsp3) is 0.444. The Balaban J connectivity index is 1.57. The molecule has 0 radical (unpaired) electrons. The third kappa shape index (κ3) is 4.52. The summed E-state index contributed by atoms with van der Waals surface area (Å²) in [5.41, 5.74) is 1.13. The predicted octanol–water partition coefficient (Wildman–Crippen LogP) is 2.45. The van der Waals surface area contributed by atoms with Crippen LogP contribution in [-0.2, 0) is 11.3 Å². The fourth-order valence-electron chi connectivity index (χ4n) is 2.99. The Kier molecular flexibility index (Phi) is 5.60. The minimum absolute atomic E-state index is 0.0594. The lowest BCUT2D eigenvalue weighted by Crippen LogP contribution is -2.41. The second-order valence-corrected chi connectivity index (χ2v) is 6.89. The van der Waals surface area contributed by atoms with Crippen molar-refractivity contribution < 1.29 is 9.53 Å². The first-order chi connectivity index (χ1) is 12.0. The smallest absolute Gasteiger partial charge is 0.224 e. The van der Waals surface area contributed by atoms with Crippen LogP contribution >= 0.6 is 11.6 Å². The highest BCUT2D eigenvalue weighted by Gasteiger charge is 2.27. The zero-order valence-corrected chi connectivity index (χ0v) is 15.3. The van der Waals surface area contributed by atoms with Gasteiger partial charge in [0.1, 0.15) is 12.4 Å². The molecule has 0 bridgehead atoms. The molecule has 0 N–H and O–H groups in total. The number of aromatic nitrogens is 2. The second-order valence-electron chi connectivity index (χ2n) is 6.45. The SMILES string of the molecule is CN(C)C(=O)CC1CN(CCOc2ccc(Cl)cc2)Cc2ccnn21. The number of fused-ring (bicyclic) bond motifs is 1. The van der Waals surface area contributed by atoms with Crippen molar-refractivity contribution in [3.8, 4) is 5.75 Å². The van der Waals surface area contributed by atoms with E-state index in [1.807, 2.05) is 35.0 Å². The van der Waals surface area contributed by atoms with Gasteiger partial charge in [-0.2, -0.15) is 5.10 Å². The Labute approximate surface area is 152 Å². The molecular weight excluding hydrogens is 340 g/mol. The molecule has 6 nitrogen and oxygen atoms in total. The van der Waals surface area contributed by atoms with Gasteiger partial charge in [0.25, 0.3) is 0 Å². The summed E-state index contributed by atoms with van der Waals surface area (Å²) in [5, 5.41) is 5.10. The Bertz CT molecular complexity index is 714. The van der Waals surface area contributed by atoms with Crippen molar-refractivity contribution in [2.45, 2.75) is 19.0 Å². The number of carbonyl (C=O) groups is 1. The van der Waals surface area contributed by atoms with E-state index in [1.54, 1.807) is 25.2 Å². The summed E-state index contributed by atoms with van der Waals surface area (Å²) in [6.07, 6.45) is 2.26. The lowest BCUT2D eigenvalue weighted by molar-refractivity contribution is -0.129. The number of rotatable bonds is 6. The molecular formula is C18H23ClN4O2. The molecule has 0 spiro atoms. The number of nitrogens with zero attached hydrogens (tertiary/aromatic N) is 4. The largest absolute Gasteiger partial charge is 0.492 e. The average molecular weight is 363 g/mol. The normalized spacial score (nSPS) is 17.2. The van der Waals surface area contributed by atoms with Gasteiger partial charge in [0, 0.05) is 44.9 Å². The number of amides is 1. The van der Waals surface area contributed by atoms with E-state index in [-0.39, 0.29) is 11.9 Å². The van der Waals surface area contributed by atoms with Crippen LogP contribution in [0.3, 0.4) is 0 Å². The van der Waals surface area contributed by atoms with Gasteiger partial charge in [-0.1, -0.05) is 11.6 Å². The van der Waals surface area contributed by atoms with Gasteiger partial charge in [-0.25, -0.2) is 0 Å². The lowest BCUT2D eigenvalue weighted by atomic mass is 10.1. The van der Waals surface area contributed by atoms with Crippen molar-refractivity contribution in [1.29, 1.82) is 0 Å². The highest BCUT2D eigenvalue weighted by molar-refractivity contribution is 6.30. The van der Waals surface area contributed by atoms with Gasteiger partial charge in [0.2, 0.25) is 5.91 Å². The van der Waals surface area contributed by atoms with Crippen LogP contribution in [0.25, 0.3) is 0 Å². The van der Waals surface area contributed by atoms with Gasteiger partial charge < -0.3 is 9.64 Å². The van der Waals surface area contributed by atoms with Gasteiger partial charge in [0.05, 0.1) is 18.2 Å². The molecule has 1 amide bonds. The van der Waals surface area contributed by atoms with Crippen LogP contribution in [0.15, 0.2) is 36.5 Å². The number of carbonyl (C=O) groups excluding carboxylic acids is 1. The second kappa shape index (κ2) is 7.89. The van der Waals surface area contributed by atoms with Crippen LogP contribution in [-0.4, -0.2) is 59.3 Å². The summed E-state index contributed by atoms with van der Waals surface area (Å²) >= 11 is 5.88. The van der Waals surface area contributed by atoms with Gasteiger partial charge >= 0.3 is 0 Å². The van der Waals surface area contributed by atoms with E-state index < -0.39 is 0 Å². The zero-order valence-electron chi connectivity index (χ0n) is 14.6. The molecule has 2 heterocycles. The molecule has 0 saturated carbocycles. The summed E-state index contributed by atoms with van der Waals surface area (Å²) in [4.78, 5) is 16.0. The Morgan fingerprint density at radius 2 is 2.08 bits per heavy atom. The Morgan fingerprint density at radius 3 is 2.80 bits per heavy atom. The number of ether oxygens (including phenoxy) is 1. The van der Waals surface area contributed by atoms with Crippen LogP contribution in [0.2, 0.25) is 5.02 Å². The molecule has 7 heteroatoms. The molecule has 0 fully saturated rings. The molecule has 0 aliphatic carbocycles. The fourth-order valence-corrected chi connectivity index (χ4v) is 3.12. The first-order valence-electron chi connectivity index (χ1n) is 8.36. The molecule has 1 aliphatic heterocycles. The Hall–Kier alpha value is -2.05. The van der Waals surface area contributed by atoms with Gasteiger partial charge in [-0.05, 0) is 30.3 Å². The zero-order chi connectivity index (χ0) is 17.8. The highest BCUT2D eigenvalue weighted by atomic mass is 35.5. The molecule has 25 heavy (non-hydrogen) atoms. The number of benzene rings is 1. The van der Waals surface area contributed by atoms with Crippen molar-refractivity contribution in [2.24, 2.45) is 0 Å². The van der Waals surface area contributed by atoms with E-state index in [2.05, 4.69) is 10.00 Å². The van der Waals surface area contributed by atoms with E-state index in [0.717, 1.165) is 31.1 Å². The molecule has 1 atom stereocenters. The quantitative estimate of drug-likeness (QED) is 0.792. The molecule has 1 aromatic heterocycles. The first-order valence-corrected chi connectivity index (χ1v) is 8.74. The van der Waals surface area contributed by atoms with Gasteiger partial charge in [-0.3, -0.25) is 14.4 Å². The van der Waals surface area contributed by atoms with Crippen molar-refractivity contribution >= 4 is 17.5 Å². The third-order valence-corrected chi connectivity index (χ3v) is 4.60. The van der Waals surface area contributed by atoms with Gasteiger partial charge in [0.15, 0.2) is 0 Å². The minimum Gasteiger partial charge on any atom is -0.492 e. The number of hydrogen-bond donors (Lipinski definition) is 0. The van der Waals surface area contributed by atoms with E-state index in [4.69, 9.17) is 16.3 Å². The topological polar surface area (TPSA) is 50.6 Å². The van der Waals surface area contributed by atoms with Crippen molar-refractivity contribution in [3.63, 3.8) is 0 Å². The summed E-state index contributed by atoms with van der Waals surface area (Å²) in [6.45, 7) is 2.99. The monoisotopic (exact) mass is 362 g/mol. The maximum absolute atomic E-state index is 12.1. The molecule has 134 valence electrons. The number of halogens is 1. The highest BCUT2D eigenvalue weighted by Crippen LogP contribution is 2.23. The first kappa shape index (κ1) is 17.8. The van der Waals surface area contributed by atoms with Crippen LogP contribution in [0.5, 0.6) is 5.75 Å². The van der Waals surface area contributed by atoms with E-state index >= 15 is 0 Å². The average Bonchev–Trinajstić information content (AvgIpc) is 3.05. The van der Waals surface area contributed by atoms with E-state index in [9.17, 15) is 4.79 Å². The molecule has 1 aromatic carbocycles. The maximum atomic E-state index is 12.1. The molecule has 1 aliphatic rings. The molecule has 0 saturated heterocycles. The summed E-state index contributed by atoms with van der Waals surface area (Å²) in [5.74, 6) is 0.927.